The van der Waals surface area contributed by atoms with Gasteiger partial charge < -0.3 is 20.5 Å². The SMILES string of the molecule is C=CC[C@H](NC(=O)OC(C)(C)C)c1cc(-c2ccccc2N)cc(OC)n1. The average Bonchev–Trinajstić information content (AvgIpc) is 2.59. The zero-order valence-corrected chi connectivity index (χ0v) is 16.3. The van der Waals surface area contributed by atoms with Gasteiger partial charge in [-0.15, -0.1) is 6.58 Å². The predicted octanol–water partition coefficient (Wildman–Crippen LogP) is 4.48. The van der Waals surface area contributed by atoms with Gasteiger partial charge in [0.2, 0.25) is 5.88 Å². The molecule has 0 fully saturated rings. The highest BCUT2D eigenvalue weighted by molar-refractivity contribution is 5.77. The number of hydrogen-bond donors (Lipinski definition) is 2. The standard InChI is InChI=1S/C21H27N3O3/c1-6-9-17(24-20(25)27-21(2,3)4)18-12-14(13-19(23-18)26-5)15-10-7-8-11-16(15)22/h6-8,10-13,17H,1,9,22H2,2-5H3,(H,24,25)/t17-/m0/s1. The molecule has 27 heavy (non-hydrogen) atoms. The number of nitrogens with one attached hydrogen (secondary N) is 1. The summed E-state index contributed by atoms with van der Waals surface area (Å²) in [4.78, 5) is 16.7. The molecule has 3 N–H and O–H groups in total. The molecule has 0 aliphatic carbocycles. The Morgan fingerprint density at radius 3 is 2.63 bits per heavy atom. The zero-order chi connectivity index (χ0) is 20.0. The van der Waals surface area contributed by atoms with Crippen molar-refractivity contribution >= 4 is 11.8 Å². The minimum absolute atomic E-state index is 0.406. The van der Waals surface area contributed by atoms with E-state index in [-0.39, 0.29) is 0 Å². The van der Waals surface area contributed by atoms with Gasteiger partial charge in [0.15, 0.2) is 0 Å². The number of nitrogens with two attached hydrogens (primary N) is 1. The number of methoxy groups -OCH3 is 1. The monoisotopic (exact) mass is 369 g/mol. The van der Waals surface area contributed by atoms with E-state index >= 15 is 0 Å². The molecule has 1 aromatic heterocycles. The molecule has 144 valence electrons. The van der Waals surface area contributed by atoms with E-state index in [2.05, 4.69) is 16.9 Å². The molecule has 0 unspecified atom stereocenters. The summed E-state index contributed by atoms with van der Waals surface area (Å²) in [6.45, 7) is 9.22. The van der Waals surface area contributed by atoms with E-state index in [0.29, 0.717) is 23.7 Å². The molecule has 0 spiro atoms. The highest BCUT2D eigenvalue weighted by atomic mass is 16.6. The number of benzene rings is 1. The third-order valence-corrected chi connectivity index (χ3v) is 3.75. The lowest BCUT2D eigenvalue weighted by Gasteiger charge is -2.23. The normalized spacial score (nSPS) is 12.1. The molecule has 1 atom stereocenters. The van der Waals surface area contributed by atoms with Gasteiger partial charge in [-0.25, -0.2) is 9.78 Å². The first-order valence-electron chi connectivity index (χ1n) is 8.74. The summed E-state index contributed by atoms with van der Waals surface area (Å²) in [6, 6.07) is 10.9. The molecule has 1 heterocycles. The lowest BCUT2D eigenvalue weighted by atomic mass is 10.0. The quantitative estimate of drug-likeness (QED) is 0.579. The van der Waals surface area contributed by atoms with Crippen LogP contribution in [0.3, 0.4) is 0 Å². The molecule has 0 radical (unpaired) electrons. The van der Waals surface area contributed by atoms with Crippen molar-refractivity contribution in [2.45, 2.75) is 38.8 Å². The number of anilines is 1. The van der Waals surface area contributed by atoms with E-state index in [1.165, 1.54) is 0 Å². The van der Waals surface area contributed by atoms with Crippen molar-refractivity contribution in [3.05, 3.63) is 54.7 Å². The fourth-order valence-electron chi connectivity index (χ4n) is 2.59. The van der Waals surface area contributed by atoms with Crippen molar-refractivity contribution in [3.8, 4) is 17.0 Å². The number of carbonyl (C=O) groups excluding carboxylic acids is 1. The summed E-state index contributed by atoms with van der Waals surface area (Å²) in [5, 5.41) is 2.85. The van der Waals surface area contributed by atoms with Gasteiger partial charge >= 0.3 is 6.09 Å². The van der Waals surface area contributed by atoms with Crippen LogP contribution in [0.15, 0.2) is 49.1 Å². The first-order chi connectivity index (χ1) is 12.7. The van der Waals surface area contributed by atoms with E-state index in [9.17, 15) is 4.79 Å². The number of nitrogens with zero attached hydrogens (tertiary/aromatic N) is 1. The number of carbonyl (C=O) groups is 1. The van der Waals surface area contributed by atoms with Crippen LogP contribution in [-0.4, -0.2) is 23.8 Å². The summed E-state index contributed by atoms with van der Waals surface area (Å²) in [7, 11) is 1.55. The van der Waals surface area contributed by atoms with E-state index in [0.717, 1.165) is 11.1 Å². The smallest absolute Gasteiger partial charge is 0.408 e. The summed E-state index contributed by atoms with van der Waals surface area (Å²) in [5.74, 6) is 0.436. The Bertz CT molecular complexity index is 813. The maximum atomic E-state index is 12.2. The number of hydrogen-bond acceptors (Lipinski definition) is 5. The number of rotatable bonds is 6. The Morgan fingerprint density at radius 2 is 2.04 bits per heavy atom. The molecule has 2 aromatic rings. The van der Waals surface area contributed by atoms with Gasteiger partial charge in [-0.2, -0.15) is 0 Å². The fourth-order valence-corrected chi connectivity index (χ4v) is 2.59. The van der Waals surface area contributed by atoms with E-state index in [1.807, 2.05) is 57.2 Å². The molecule has 6 nitrogen and oxygen atoms in total. The van der Waals surface area contributed by atoms with Crippen LogP contribution in [0.4, 0.5) is 10.5 Å². The maximum Gasteiger partial charge on any atom is 0.408 e. The molecule has 0 saturated heterocycles. The van der Waals surface area contributed by atoms with Crippen molar-refractivity contribution in [1.82, 2.24) is 10.3 Å². The second-order valence-electron chi connectivity index (χ2n) is 7.13. The van der Waals surface area contributed by atoms with Crippen LogP contribution in [0.25, 0.3) is 11.1 Å². The number of amides is 1. The zero-order valence-electron chi connectivity index (χ0n) is 16.3. The molecule has 2 rings (SSSR count). The third kappa shape index (κ3) is 5.74. The van der Waals surface area contributed by atoms with Gasteiger partial charge in [0.1, 0.15) is 5.60 Å². The van der Waals surface area contributed by atoms with Crippen LogP contribution in [0.1, 0.15) is 38.9 Å². The van der Waals surface area contributed by atoms with Gasteiger partial charge in [0.25, 0.3) is 0 Å². The lowest BCUT2D eigenvalue weighted by molar-refractivity contribution is 0.0502. The molecular weight excluding hydrogens is 342 g/mol. The minimum atomic E-state index is -0.589. The Hall–Kier alpha value is -3.02. The highest BCUT2D eigenvalue weighted by Gasteiger charge is 2.22. The minimum Gasteiger partial charge on any atom is -0.481 e. The first-order valence-corrected chi connectivity index (χ1v) is 8.74. The van der Waals surface area contributed by atoms with Crippen LogP contribution in [0.5, 0.6) is 5.88 Å². The van der Waals surface area contributed by atoms with Crippen LogP contribution < -0.4 is 15.8 Å². The van der Waals surface area contributed by atoms with E-state index < -0.39 is 17.7 Å². The summed E-state index contributed by atoms with van der Waals surface area (Å²) in [6.07, 6.45) is 1.70. The van der Waals surface area contributed by atoms with Gasteiger partial charge in [0, 0.05) is 17.3 Å². The third-order valence-electron chi connectivity index (χ3n) is 3.75. The second kappa shape index (κ2) is 8.58. The maximum absolute atomic E-state index is 12.2. The van der Waals surface area contributed by atoms with Gasteiger partial charge in [-0.1, -0.05) is 24.3 Å². The Morgan fingerprint density at radius 1 is 1.33 bits per heavy atom. The Kier molecular flexibility index (Phi) is 6.45. The molecule has 1 aromatic carbocycles. The molecule has 0 bridgehead atoms. The topological polar surface area (TPSA) is 86.5 Å². The van der Waals surface area contributed by atoms with Crippen LogP contribution >= 0.6 is 0 Å². The van der Waals surface area contributed by atoms with Crippen molar-refractivity contribution in [2.75, 3.05) is 12.8 Å². The summed E-state index contributed by atoms with van der Waals surface area (Å²) in [5.41, 5.74) is 8.54. The number of pyridine rings is 1. The van der Waals surface area contributed by atoms with Crippen molar-refractivity contribution < 1.29 is 14.3 Å². The fraction of sp³-hybridized carbons (Fsp3) is 0.333. The molecular formula is C21H27N3O3. The van der Waals surface area contributed by atoms with Gasteiger partial charge in [0.05, 0.1) is 18.8 Å². The molecule has 0 aliphatic heterocycles. The first kappa shape index (κ1) is 20.3. The molecule has 6 heteroatoms. The van der Waals surface area contributed by atoms with Crippen LogP contribution in [-0.2, 0) is 4.74 Å². The second-order valence-corrected chi connectivity index (χ2v) is 7.13. The number of nitrogen functional groups attached to an aromatic ring is 1. The molecule has 0 aliphatic rings. The number of alkyl carbamates (subject to hydrolysis) is 1. The van der Waals surface area contributed by atoms with Crippen LogP contribution in [0.2, 0.25) is 0 Å². The largest absolute Gasteiger partial charge is 0.481 e. The predicted molar refractivity (Wildman–Crippen MR) is 108 cm³/mol. The average molecular weight is 369 g/mol. The lowest BCUT2D eigenvalue weighted by Crippen LogP contribution is -2.35. The van der Waals surface area contributed by atoms with Gasteiger partial charge in [-0.3, -0.25) is 0 Å². The summed E-state index contributed by atoms with van der Waals surface area (Å²) < 4.78 is 10.7. The van der Waals surface area contributed by atoms with E-state index in [1.54, 1.807) is 13.2 Å². The van der Waals surface area contributed by atoms with Crippen molar-refractivity contribution in [1.29, 1.82) is 0 Å². The molecule has 0 saturated carbocycles. The van der Waals surface area contributed by atoms with Crippen molar-refractivity contribution in [2.24, 2.45) is 0 Å². The van der Waals surface area contributed by atoms with Crippen LogP contribution in [0, 0.1) is 0 Å². The van der Waals surface area contributed by atoms with E-state index in [4.69, 9.17) is 15.2 Å². The Labute approximate surface area is 160 Å². The Balaban J connectivity index is 2.40. The highest BCUT2D eigenvalue weighted by Crippen LogP contribution is 2.31. The number of ether oxygens (including phenoxy) is 2. The van der Waals surface area contributed by atoms with Crippen molar-refractivity contribution in [3.63, 3.8) is 0 Å². The summed E-state index contributed by atoms with van der Waals surface area (Å²) >= 11 is 0. The number of para-hydroxylation sites is 1. The number of aromatic nitrogens is 1. The van der Waals surface area contributed by atoms with Gasteiger partial charge in [-0.05, 0) is 44.9 Å². The molecule has 1 amide bonds.